The molecule has 1 aliphatic carbocycles. The lowest BCUT2D eigenvalue weighted by Crippen LogP contribution is -2.20. The van der Waals surface area contributed by atoms with Gasteiger partial charge < -0.3 is 4.74 Å². The van der Waals surface area contributed by atoms with E-state index < -0.39 is 11.6 Å². The summed E-state index contributed by atoms with van der Waals surface area (Å²) in [6.07, 6.45) is 11.4. The molecule has 1 aliphatic rings. The molecule has 0 unspecified atom stereocenters. The van der Waals surface area contributed by atoms with Crippen molar-refractivity contribution < 1.29 is 13.5 Å². The van der Waals surface area contributed by atoms with E-state index in [0.717, 1.165) is 31.7 Å². The van der Waals surface area contributed by atoms with Crippen LogP contribution in [0.2, 0.25) is 0 Å². The number of nitriles is 1. The molecule has 0 saturated heterocycles. The zero-order valence-electron chi connectivity index (χ0n) is 12.3. The molecule has 1 fully saturated rings. The number of ether oxygens (including phenoxy) is 1. The van der Waals surface area contributed by atoms with Gasteiger partial charge in [0.15, 0.2) is 11.6 Å². The predicted molar refractivity (Wildman–Crippen MR) is 80.8 cm³/mol. The topological polar surface area (TPSA) is 33.0 Å². The van der Waals surface area contributed by atoms with Crippen LogP contribution < -0.4 is 0 Å². The van der Waals surface area contributed by atoms with Gasteiger partial charge in [-0.15, -0.1) is 0 Å². The van der Waals surface area contributed by atoms with Crippen molar-refractivity contribution in [3.05, 3.63) is 59.7 Å². The highest BCUT2D eigenvalue weighted by Gasteiger charge is 2.19. The molecule has 1 saturated carbocycles. The molecule has 22 heavy (non-hydrogen) atoms. The van der Waals surface area contributed by atoms with Gasteiger partial charge in [0.25, 0.3) is 0 Å². The van der Waals surface area contributed by atoms with Crippen molar-refractivity contribution in [3.63, 3.8) is 0 Å². The number of allylic oxidation sites excluding steroid dienone is 4. The fourth-order valence-corrected chi connectivity index (χ4v) is 2.61. The van der Waals surface area contributed by atoms with Crippen molar-refractivity contribution in [2.45, 2.75) is 38.4 Å². The fourth-order valence-electron chi connectivity index (χ4n) is 2.61. The average Bonchev–Trinajstić information content (AvgIpc) is 2.54. The molecule has 1 aromatic rings. The van der Waals surface area contributed by atoms with E-state index in [1.807, 2.05) is 12.1 Å². The lowest BCUT2D eigenvalue weighted by molar-refractivity contribution is 0.0109. The highest BCUT2D eigenvalue weighted by molar-refractivity contribution is 5.17. The van der Waals surface area contributed by atoms with Gasteiger partial charge in [0, 0.05) is 6.08 Å². The Kier molecular flexibility index (Phi) is 6.29. The maximum atomic E-state index is 13.1. The number of nitrogens with zero attached hydrogens (tertiary/aromatic N) is 1. The quantitative estimate of drug-likeness (QED) is 0.584. The van der Waals surface area contributed by atoms with Crippen LogP contribution in [0.4, 0.5) is 8.78 Å². The molecule has 2 nitrogen and oxygen atoms in total. The van der Waals surface area contributed by atoms with E-state index in [-0.39, 0.29) is 6.10 Å². The van der Waals surface area contributed by atoms with Crippen LogP contribution >= 0.6 is 0 Å². The summed E-state index contributed by atoms with van der Waals surface area (Å²) in [6, 6.07) is 5.82. The highest BCUT2D eigenvalue weighted by Crippen LogP contribution is 2.27. The zero-order chi connectivity index (χ0) is 15.8. The summed E-state index contributed by atoms with van der Waals surface area (Å²) < 4.78 is 31.7. The number of benzene rings is 1. The van der Waals surface area contributed by atoms with Crippen molar-refractivity contribution in [3.8, 4) is 6.07 Å². The third-order valence-electron chi connectivity index (χ3n) is 3.85. The first kappa shape index (κ1) is 16.4. The number of hydrogen-bond donors (Lipinski definition) is 0. The van der Waals surface area contributed by atoms with E-state index in [9.17, 15) is 8.78 Å². The first-order chi connectivity index (χ1) is 10.7. The second-order valence-electron chi connectivity index (χ2n) is 5.47. The van der Waals surface area contributed by atoms with E-state index in [1.54, 1.807) is 12.1 Å². The van der Waals surface area contributed by atoms with Crippen molar-refractivity contribution in [1.82, 2.24) is 0 Å². The first-order valence-electron chi connectivity index (χ1n) is 7.47. The molecular weight excluding hydrogens is 284 g/mol. The van der Waals surface area contributed by atoms with E-state index in [1.165, 1.54) is 12.1 Å². The number of halogens is 2. The summed E-state index contributed by atoms with van der Waals surface area (Å²) in [6.45, 7) is 0.313. The Morgan fingerprint density at radius 2 is 1.91 bits per heavy atom. The molecule has 1 aromatic carbocycles. The van der Waals surface area contributed by atoms with Crippen molar-refractivity contribution >= 4 is 0 Å². The van der Waals surface area contributed by atoms with E-state index in [0.29, 0.717) is 18.1 Å². The van der Waals surface area contributed by atoms with Gasteiger partial charge in [-0.1, -0.05) is 24.3 Å². The van der Waals surface area contributed by atoms with Crippen molar-refractivity contribution in [2.24, 2.45) is 5.92 Å². The second kappa shape index (κ2) is 8.45. The average molecular weight is 303 g/mol. The Bertz CT molecular complexity index is 581. The molecule has 0 bridgehead atoms. The van der Waals surface area contributed by atoms with Crippen LogP contribution in [0.5, 0.6) is 0 Å². The molecule has 0 aliphatic heterocycles. The SMILES string of the molecule is N#C/C=C/C=C/[C@H]1CC[C@H](OCc2ccc(F)c(F)c2)CC1. The molecule has 2 rings (SSSR count). The molecule has 116 valence electrons. The minimum absolute atomic E-state index is 0.174. The van der Waals surface area contributed by atoms with Crippen LogP contribution in [0.3, 0.4) is 0 Å². The maximum absolute atomic E-state index is 13.1. The molecule has 0 aromatic heterocycles. The van der Waals surface area contributed by atoms with Gasteiger partial charge >= 0.3 is 0 Å². The Morgan fingerprint density at radius 3 is 2.59 bits per heavy atom. The van der Waals surface area contributed by atoms with Gasteiger partial charge in [-0.3, -0.25) is 0 Å². The van der Waals surface area contributed by atoms with Gasteiger partial charge in [0.1, 0.15) is 0 Å². The Balaban J connectivity index is 1.73. The van der Waals surface area contributed by atoms with Crippen LogP contribution in [-0.4, -0.2) is 6.10 Å². The van der Waals surface area contributed by atoms with Gasteiger partial charge in [-0.2, -0.15) is 5.26 Å². The van der Waals surface area contributed by atoms with Crippen LogP contribution in [-0.2, 0) is 11.3 Å². The molecular formula is C18H19F2NO. The minimum Gasteiger partial charge on any atom is -0.374 e. The van der Waals surface area contributed by atoms with Crippen LogP contribution in [0.25, 0.3) is 0 Å². The largest absolute Gasteiger partial charge is 0.374 e. The van der Waals surface area contributed by atoms with Gasteiger partial charge in [-0.25, -0.2) is 8.78 Å². The predicted octanol–water partition coefficient (Wildman–Crippen LogP) is 4.68. The van der Waals surface area contributed by atoms with Crippen LogP contribution in [0, 0.1) is 28.9 Å². The van der Waals surface area contributed by atoms with Crippen molar-refractivity contribution in [1.29, 1.82) is 5.26 Å². The molecule has 0 atom stereocenters. The van der Waals surface area contributed by atoms with Gasteiger partial charge in [0.2, 0.25) is 0 Å². The third-order valence-corrected chi connectivity index (χ3v) is 3.85. The van der Waals surface area contributed by atoms with Gasteiger partial charge in [0.05, 0.1) is 18.8 Å². The number of hydrogen-bond acceptors (Lipinski definition) is 2. The highest BCUT2D eigenvalue weighted by atomic mass is 19.2. The standard InChI is InChI=1S/C18H19F2NO/c19-17-10-7-15(12-18(17)20)13-22-16-8-5-14(6-9-16)4-2-1-3-11-21/h1-4,7,10,12,14,16H,5-6,8-9,13H2/b3-1+,4-2+/t14-,16-. The van der Waals surface area contributed by atoms with Crippen molar-refractivity contribution in [2.75, 3.05) is 0 Å². The molecule has 0 radical (unpaired) electrons. The summed E-state index contributed by atoms with van der Waals surface area (Å²) in [5.74, 6) is -1.15. The summed E-state index contributed by atoms with van der Waals surface area (Å²) in [7, 11) is 0. The first-order valence-corrected chi connectivity index (χ1v) is 7.47. The normalized spacial score (nSPS) is 22.2. The Morgan fingerprint density at radius 1 is 1.14 bits per heavy atom. The summed E-state index contributed by atoms with van der Waals surface area (Å²) in [5, 5.41) is 8.39. The molecule has 4 heteroatoms. The maximum Gasteiger partial charge on any atom is 0.159 e. The molecule has 0 spiro atoms. The van der Waals surface area contributed by atoms with Crippen LogP contribution in [0.1, 0.15) is 31.2 Å². The fraction of sp³-hybridized carbons (Fsp3) is 0.389. The smallest absolute Gasteiger partial charge is 0.159 e. The van der Waals surface area contributed by atoms with Gasteiger partial charge in [-0.05, 0) is 49.3 Å². The van der Waals surface area contributed by atoms with E-state index in [2.05, 4.69) is 6.08 Å². The Labute approximate surface area is 129 Å². The number of rotatable bonds is 5. The van der Waals surface area contributed by atoms with E-state index >= 15 is 0 Å². The Hall–Kier alpha value is -1.99. The lowest BCUT2D eigenvalue weighted by Gasteiger charge is -2.26. The molecule has 0 N–H and O–H groups in total. The monoisotopic (exact) mass is 303 g/mol. The lowest BCUT2D eigenvalue weighted by atomic mass is 9.87. The van der Waals surface area contributed by atoms with E-state index in [4.69, 9.17) is 10.00 Å². The summed E-state index contributed by atoms with van der Waals surface area (Å²) in [5.41, 5.74) is 0.655. The summed E-state index contributed by atoms with van der Waals surface area (Å²) in [4.78, 5) is 0. The minimum atomic E-state index is -0.833. The second-order valence-corrected chi connectivity index (χ2v) is 5.47. The summed E-state index contributed by atoms with van der Waals surface area (Å²) >= 11 is 0. The molecule has 0 amide bonds. The zero-order valence-corrected chi connectivity index (χ0v) is 12.3. The third kappa shape index (κ3) is 5.09. The van der Waals surface area contributed by atoms with Crippen LogP contribution in [0.15, 0.2) is 42.5 Å². The molecule has 0 heterocycles.